The van der Waals surface area contributed by atoms with E-state index in [1.165, 1.54) is 7.11 Å². The van der Waals surface area contributed by atoms with E-state index < -0.39 is 24.1 Å². The molecule has 2 N–H and O–H groups in total. The Morgan fingerprint density at radius 2 is 2.00 bits per heavy atom. The monoisotopic (exact) mass is 233 g/mol. The Bertz CT molecular complexity index is 265. The number of methoxy groups -OCH3 is 1. The van der Waals surface area contributed by atoms with Crippen LogP contribution in [0, 0.1) is 0 Å². The van der Waals surface area contributed by atoms with Crippen LogP contribution in [-0.2, 0) is 19.1 Å². The topological polar surface area (TPSA) is 102 Å². The van der Waals surface area contributed by atoms with Gasteiger partial charge in [-0.3, -0.25) is 4.79 Å². The maximum Gasteiger partial charge on any atom is 0.407 e. The van der Waals surface area contributed by atoms with Gasteiger partial charge in [0.15, 0.2) is 0 Å². The van der Waals surface area contributed by atoms with Crippen molar-refractivity contribution in [1.29, 1.82) is 0 Å². The van der Waals surface area contributed by atoms with Crippen LogP contribution < -0.4 is 5.32 Å². The molecule has 0 rings (SSSR count). The molecule has 1 atom stereocenters. The van der Waals surface area contributed by atoms with Crippen LogP contribution in [0.15, 0.2) is 0 Å². The van der Waals surface area contributed by atoms with Crippen LogP contribution in [0.2, 0.25) is 0 Å². The summed E-state index contributed by atoms with van der Waals surface area (Å²) in [7, 11) is 1.21. The highest BCUT2D eigenvalue weighted by Crippen LogP contribution is 2.00. The predicted molar refractivity (Wildman–Crippen MR) is 52.8 cm³/mol. The molecule has 0 aromatic rings. The van der Waals surface area contributed by atoms with Crippen molar-refractivity contribution in [1.82, 2.24) is 5.32 Å². The van der Waals surface area contributed by atoms with E-state index in [1.54, 1.807) is 6.92 Å². The Labute approximate surface area is 92.7 Å². The number of amides is 1. The molecule has 16 heavy (non-hydrogen) atoms. The summed E-state index contributed by atoms with van der Waals surface area (Å²) in [6, 6.07) is -1.15. The number of hydrogen-bond acceptors (Lipinski definition) is 5. The first-order chi connectivity index (χ1) is 7.51. The number of alkyl carbamates (subject to hydrolysis) is 1. The van der Waals surface area contributed by atoms with Gasteiger partial charge in [-0.25, -0.2) is 9.59 Å². The van der Waals surface area contributed by atoms with Crippen molar-refractivity contribution in [3.05, 3.63) is 0 Å². The maximum atomic E-state index is 11.0. The summed E-state index contributed by atoms with van der Waals surface area (Å²) in [5, 5.41) is 10.9. The largest absolute Gasteiger partial charge is 0.480 e. The van der Waals surface area contributed by atoms with E-state index in [1.807, 2.05) is 0 Å². The maximum absolute atomic E-state index is 11.0. The minimum Gasteiger partial charge on any atom is -0.480 e. The van der Waals surface area contributed by atoms with Gasteiger partial charge in [-0.05, 0) is 13.3 Å². The second kappa shape index (κ2) is 7.49. The molecular weight excluding hydrogens is 218 g/mol. The van der Waals surface area contributed by atoms with Crippen LogP contribution in [-0.4, -0.2) is 42.9 Å². The molecule has 0 fully saturated rings. The van der Waals surface area contributed by atoms with Crippen molar-refractivity contribution in [2.75, 3.05) is 13.7 Å². The van der Waals surface area contributed by atoms with Crippen LogP contribution in [0.5, 0.6) is 0 Å². The number of esters is 1. The Morgan fingerprint density at radius 1 is 1.38 bits per heavy atom. The van der Waals surface area contributed by atoms with Crippen LogP contribution in [0.25, 0.3) is 0 Å². The number of carboxylic acids is 1. The van der Waals surface area contributed by atoms with E-state index in [4.69, 9.17) is 5.11 Å². The Kier molecular flexibility index (Phi) is 6.66. The molecule has 0 spiro atoms. The lowest BCUT2D eigenvalue weighted by atomic mass is 10.1. The summed E-state index contributed by atoms with van der Waals surface area (Å²) < 4.78 is 8.88. The van der Waals surface area contributed by atoms with Gasteiger partial charge in [-0.1, -0.05) is 0 Å². The minimum atomic E-state index is -1.23. The van der Waals surface area contributed by atoms with Crippen LogP contribution >= 0.6 is 0 Å². The van der Waals surface area contributed by atoms with Crippen LogP contribution in [0.3, 0.4) is 0 Å². The summed E-state index contributed by atoms with van der Waals surface area (Å²) in [4.78, 5) is 32.5. The van der Waals surface area contributed by atoms with Gasteiger partial charge in [-0.2, -0.15) is 0 Å². The molecule has 0 aromatic carbocycles. The van der Waals surface area contributed by atoms with Crippen LogP contribution in [0.1, 0.15) is 19.8 Å². The SMILES string of the molecule is CCOC(=O)N[C@@H](CCC(=O)OC)C(=O)O. The van der Waals surface area contributed by atoms with Crippen molar-refractivity contribution in [3.8, 4) is 0 Å². The first kappa shape index (κ1) is 14.2. The van der Waals surface area contributed by atoms with Gasteiger partial charge in [0.25, 0.3) is 0 Å². The zero-order chi connectivity index (χ0) is 12.6. The van der Waals surface area contributed by atoms with E-state index in [0.29, 0.717) is 0 Å². The smallest absolute Gasteiger partial charge is 0.407 e. The van der Waals surface area contributed by atoms with Gasteiger partial charge in [0.2, 0.25) is 0 Å². The van der Waals surface area contributed by atoms with Crippen molar-refractivity contribution < 1.29 is 29.0 Å². The molecule has 0 heterocycles. The second-order valence-corrected chi connectivity index (χ2v) is 2.87. The Morgan fingerprint density at radius 3 is 2.44 bits per heavy atom. The normalized spacial score (nSPS) is 11.4. The summed E-state index contributed by atoms with van der Waals surface area (Å²) in [6.07, 6.45) is -0.944. The summed E-state index contributed by atoms with van der Waals surface area (Å²) in [6.45, 7) is 1.75. The third-order valence-corrected chi connectivity index (χ3v) is 1.73. The molecule has 0 unspecified atom stereocenters. The van der Waals surface area contributed by atoms with Crippen LogP contribution in [0.4, 0.5) is 4.79 Å². The average molecular weight is 233 g/mol. The van der Waals surface area contributed by atoms with Crippen molar-refractivity contribution in [2.24, 2.45) is 0 Å². The number of carbonyl (C=O) groups is 3. The quantitative estimate of drug-likeness (QED) is 0.632. The van der Waals surface area contributed by atoms with Crippen molar-refractivity contribution >= 4 is 18.0 Å². The summed E-state index contributed by atoms with van der Waals surface area (Å²) >= 11 is 0. The number of ether oxygens (including phenoxy) is 2. The minimum absolute atomic E-state index is 0.0409. The third kappa shape index (κ3) is 5.84. The van der Waals surface area contributed by atoms with Gasteiger partial charge in [0, 0.05) is 6.42 Å². The van der Waals surface area contributed by atoms with Crippen molar-refractivity contribution in [3.63, 3.8) is 0 Å². The number of nitrogens with one attached hydrogen (secondary N) is 1. The molecule has 0 radical (unpaired) electrons. The lowest BCUT2D eigenvalue weighted by Gasteiger charge is -2.13. The zero-order valence-corrected chi connectivity index (χ0v) is 9.19. The lowest BCUT2D eigenvalue weighted by molar-refractivity contribution is -0.142. The number of carbonyl (C=O) groups excluding carboxylic acids is 2. The molecule has 92 valence electrons. The van der Waals surface area contributed by atoms with Gasteiger partial charge in [-0.15, -0.1) is 0 Å². The van der Waals surface area contributed by atoms with E-state index in [-0.39, 0.29) is 19.4 Å². The molecule has 1 amide bonds. The van der Waals surface area contributed by atoms with Gasteiger partial charge in [0.1, 0.15) is 6.04 Å². The Balaban J connectivity index is 4.12. The highest BCUT2D eigenvalue weighted by molar-refractivity contribution is 5.80. The first-order valence-corrected chi connectivity index (χ1v) is 4.74. The van der Waals surface area contributed by atoms with E-state index >= 15 is 0 Å². The molecule has 0 aliphatic heterocycles. The highest BCUT2D eigenvalue weighted by atomic mass is 16.5. The number of carboxylic acid groups (broad SMARTS) is 1. The molecule has 7 heteroatoms. The van der Waals surface area contributed by atoms with Gasteiger partial charge < -0.3 is 19.9 Å². The highest BCUT2D eigenvalue weighted by Gasteiger charge is 2.21. The molecule has 7 nitrogen and oxygen atoms in total. The van der Waals surface area contributed by atoms with Gasteiger partial charge >= 0.3 is 18.0 Å². The van der Waals surface area contributed by atoms with E-state index in [0.717, 1.165) is 0 Å². The molecule has 0 aliphatic rings. The fourth-order valence-electron chi connectivity index (χ4n) is 0.937. The standard InChI is InChI=1S/C9H15NO6/c1-3-16-9(14)10-6(8(12)13)4-5-7(11)15-2/h6H,3-5H2,1-2H3,(H,10,14)(H,12,13)/t6-/m0/s1. The average Bonchev–Trinajstić information content (AvgIpc) is 2.23. The summed E-state index contributed by atoms with van der Waals surface area (Å²) in [5.74, 6) is -1.76. The first-order valence-electron chi connectivity index (χ1n) is 4.74. The predicted octanol–water partition coefficient (Wildman–Crippen LogP) is 0.139. The van der Waals surface area contributed by atoms with E-state index in [2.05, 4.69) is 14.8 Å². The fraction of sp³-hybridized carbons (Fsp3) is 0.667. The van der Waals surface area contributed by atoms with E-state index in [9.17, 15) is 14.4 Å². The molecule has 0 aromatic heterocycles. The molecule has 0 saturated carbocycles. The fourth-order valence-corrected chi connectivity index (χ4v) is 0.937. The zero-order valence-electron chi connectivity index (χ0n) is 9.19. The molecule has 0 bridgehead atoms. The number of hydrogen-bond donors (Lipinski definition) is 2. The van der Waals surface area contributed by atoms with Crippen molar-refractivity contribution in [2.45, 2.75) is 25.8 Å². The second-order valence-electron chi connectivity index (χ2n) is 2.87. The molecule has 0 aliphatic carbocycles. The number of rotatable bonds is 6. The summed E-state index contributed by atoms with van der Waals surface area (Å²) in [5.41, 5.74) is 0. The van der Waals surface area contributed by atoms with Gasteiger partial charge in [0.05, 0.1) is 13.7 Å². The third-order valence-electron chi connectivity index (χ3n) is 1.73. The Hall–Kier alpha value is -1.79. The lowest BCUT2D eigenvalue weighted by Crippen LogP contribution is -2.41. The molecular formula is C9H15NO6. The number of aliphatic carboxylic acids is 1. The molecule has 0 saturated heterocycles.